The van der Waals surface area contributed by atoms with E-state index in [1.807, 2.05) is 0 Å². The highest BCUT2D eigenvalue weighted by Gasteiger charge is 2.54. The fraction of sp³-hybridized carbons (Fsp3) is 0.0345. The van der Waals surface area contributed by atoms with Crippen LogP contribution in [0.5, 0.6) is 11.5 Å². The number of para-hydroxylation sites is 1. The van der Waals surface area contributed by atoms with Crippen LogP contribution in [0.15, 0.2) is 206 Å². The van der Waals surface area contributed by atoms with Crippen molar-refractivity contribution >= 4 is 21.5 Å². The topological polar surface area (TPSA) is 9.23 Å². The molecule has 1 atom stereocenters. The number of hydrogen-bond acceptors (Lipinski definition) is 1. The van der Waals surface area contributed by atoms with E-state index in [2.05, 4.69) is 206 Å². The predicted molar refractivity (Wildman–Crippen MR) is 241 cm³/mol. The van der Waals surface area contributed by atoms with Gasteiger partial charge in [0, 0.05) is 16.5 Å². The molecule has 0 aromatic heterocycles. The van der Waals surface area contributed by atoms with Crippen LogP contribution in [-0.4, -0.2) is 0 Å². The van der Waals surface area contributed by atoms with E-state index in [9.17, 15) is 0 Å². The summed E-state index contributed by atoms with van der Waals surface area (Å²) in [6.07, 6.45) is 0. The molecule has 0 amide bonds. The molecule has 0 radical (unpaired) electrons. The van der Waals surface area contributed by atoms with E-state index in [1.165, 1.54) is 105 Å². The van der Waals surface area contributed by atoms with Gasteiger partial charge in [-0.1, -0.05) is 194 Å². The molecular formula is C58H34O. The number of fused-ring (bicyclic) bond motifs is 23. The lowest BCUT2D eigenvalue weighted by Gasteiger charge is -2.40. The zero-order valence-electron chi connectivity index (χ0n) is 32.0. The maximum Gasteiger partial charge on any atom is 0.140 e. The highest BCUT2D eigenvalue weighted by atomic mass is 16.5. The van der Waals surface area contributed by atoms with E-state index in [0.717, 1.165) is 16.9 Å². The average Bonchev–Trinajstić information content (AvgIpc) is 3.90. The van der Waals surface area contributed by atoms with Crippen molar-refractivity contribution in [1.82, 2.24) is 0 Å². The third-order valence-corrected chi connectivity index (χ3v) is 14.1. The first-order valence-electron chi connectivity index (χ1n) is 20.7. The summed E-state index contributed by atoms with van der Waals surface area (Å²) in [6, 6.07) is 77.2. The van der Waals surface area contributed by atoms with Gasteiger partial charge in [-0.15, -0.1) is 0 Å². The summed E-state index contributed by atoms with van der Waals surface area (Å²) in [6.45, 7) is 0. The second-order valence-corrected chi connectivity index (χ2v) is 16.6. The molecular weight excluding hydrogens is 713 g/mol. The molecule has 3 aliphatic carbocycles. The fourth-order valence-corrected chi connectivity index (χ4v) is 12.1. The van der Waals surface area contributed by atoms with Crippen LogP contribution in [0, 0.1) is 0 Å². The normalized spacial score (nSPS) is 16.5. The van der Waals surface area contributed by atoms with Gasteiger partial charge in [0.2, 0.25) is 0 Å². The summed E-state index contributed by atoms with van der Waals surface area (Å²) < 4.78 is 7.14. The van der Waals surface area contributed by atoms with Crippen LogP contribution in [0.3, 0.4) is 0 Å². The molecule has 1 unspecified atom stereocenters. The summed E-state index contributed by atoms with van der Waals surface area (Å²) in [5.41, 5.74) is 19.6. The zero-order chi connectivity index (χ0) is 38.5. The van der Waals surface area contributed by atoms with Crippen LogP contribution in [0.4, 0.5) is 0 Å². The van der Waals surface area contributed by atoms with Gasteiger partial charge >= 0.3 is 0 Å². The Hall–Kier alpha value is -7.48. The molecule has 59 heavy (non-hydrogen) atoms. The summed E-state index contributed by atoms with van der Waals surface area (Å²) >= 11 is 0. The fourth-order valence-electron chi connectivity index (χ4n) is 12.1. The maximum absolute atomic E-state index is 7.14. The number of rotatable bonds is 1. The molecule has 0 fully saturated rings. The van der Waals surface area contributed by atoms with Gasteiger partial charge in [0.1, 0.15) is 11.5 Å². The Balaban J connectivity index is 1.14. The third kappa shape index (κ3) is 3.65. The van der Waals surface area contributed by atoms with Gasteiger partial charge in [-0.25, -0.2) is 0 Å². The quantitative estimate of drug-likeness (QED) is 0.163. The van der Waals surface area contributed by atoms with Crippen molar-refractivity contribution in [2.24, 2.45) is 0 Å². The standard InChI is InChI=1S/C58H34O/c1-2-17-36-35(16-1)32-33-42-40-21-7-11-27-48(40)58(55(36)42)49-28-12-8-23-44(49)54-41(24-15-30-51(54)58)45-34-52-56(43-22-4-3-18-37(43)45)59-53-31-14-13-29-50(53)57(52)46-25-9-5-19-38(46)39-20-6-10-26-47(39)57/h1-34H. The first kappa shape index (κ1) is 31.6. The van der Waals surface area contributed by atoms with Crippen molar-refractivity contribution in [2.75, 3.05) is 0 Å². The SMILES string of the molecule is c1ccc2c(c1)Oc1c(cc(-c3cccc4c3-c3ccccc3C43c4ccccc4-c4ccc5ccccc5c43)c3ccccc13)C21c2ccccc2-c2ccccc21. The Kier molecular flexibility index (Phi) is 5.96. The van der Waals surface area contributed by atoms with Crippen molar-refractivity contribution in [3.63, 3.8) is 0 Å². The zero-order valence-corrected chi connectivity index (χ0v) is 32.0. The lowest BCUT2D eigenvalue weighted by molar-refractivity contribution is 0.442. The van der Waals surface area contributed by atoms with Crippen molar-refractivity contribution in [2.45, 2.75) is 10.8 Å². The first-order valence-corrected chi connectivity index (χ1v) is 20.7. The van der Waals surface area contributed by atoms with Crippen LogP contribution in [-0.2, 0) is 10.8 Å². The van der Waals surface area contributed by atoms with Gasteiger partial charge in [-0.05, 0) is 106 Å². The molecule has 10 aromatic carbocycles. The molecule has 0 saturated carbocycles. The average molecular weight is 747 g/mol. The third-order valence-electron chi connectivity index (χ3n) is 14.1. The van der Waals surface area contributed by atoms with Gasteiger partial charge in [0.15, 0.2) is 0 Å². The molecule has 0 saturated heterocycles. The second-order valence-electron chi connectivity index (χ2n) is 16.6. The molecule has 1 nitrogen and oxygen atoms in total. The Labute approximate surface area is 342 Å². The summed E-state index contributed by atoms with van der Waals surface area (Å²) in [4.78, 5) is 0. The molecule has 2 spiro atoms. The molecule has 1 heterocycles. The van der Waals surface area contributed by atoms with Crippen LogP contribution >= 0.6 is 0 Å². The molecule has 272 valence electrons. The molecule has 4 aliphatic rings. The lowest BCUT2D eigenvalue weighted by Crippen LogP contribution is -2.32. The van der Waals surface area contributed by atoms with Crippen molar-refractivity contribution in [3.8, 4) is 56.0 Å². The molecule has 14 rings (SSSR count). The molecule has 0 bridgehead atoms. The van der Waals surface area contributed by atoms with Crippen molar-refractivity contribution in [3.05, 3.63) is 251 Å². The lowest BCUT2D eigenvalue weighted by atomic mass is 9.65. The predicted octanol–water partition coefficient (Wildman–Crippen LogP) is 14.5. The molecule has 10 aromatic rings. The summed E-state index contributed by atoms with van der Waals surface area (Å²) in [5.74, 6) is 1.84. The Bertz CT molecular complexity index is 3450. The first-order chi connectivity index (χ1) is 29.3. The monoisotopic (exact) mass is 746 g/mol. The maximum atomic E-state index is 7.14. The Morgan fingerprint density at radius 1 is 0.288 bits per heavy atom. The number of ether oxygens (including phenoxy) is 1. The molecule has 0 N–H and O–H groups in total. The van der Waals surface area contributed by atoms with Gasteiger partial charge in [-0.2, -0.15) is 0 Å². The molecule has 1 heteroatoms. The summed E-state index contributed by atoms with van der Waals surface area (Å²) in [7, 11) is 0. The van der Waals surface area contributed by atoms with E-state index >= 15 is 0 Å². The number of benzene rings is 10. The van der Waals surface area contributed by atoms with Crippen LogP contribution < -0.4 is 4.74 Å². The smallest absolute Gasteiger partial charge is 0.140 e. The van der Waals surface area contributed by atoms with Gasteiger partial charge in [-0.3, -0.25) is 0 Å². The van der Waals surface area contributed by atoms with E-state index in [4.69, 9.17) is 4.74 Å². The minimum Gasteiger partial charge on any atom is -0.456 e. The van der Waals surface area contributed by atoms with Crippen molar-refractivity contribution in [1.29, 1.82) is 0 Å². The van der Waals surface area contributed by atoms with E-state index < -0.39 is 10.8 Å². The van der Waals surface area contributed by atoms with Gasteiger partial charge < -0.3 is 4.74 Å². The van der Waals surface area contributed by atoms with E-state index in [1.54, 1.807) is 0 Å². The largest absolute Gasteiger partial charge is 0.456 e. The second kappa shape index (κ2) is 11.1. The van der Waals surface area contributed by atoms with E-state index in [-0.39, 0.29) is 0 Å². The van der Waals surface area contributed by atoms with Crippen LogP contribution in [0.25, 0.3) is 66.1 Å². The highest BCUT2D eigenvalue weighted by Crippen LogP contribution is 2.67. The minimum atomic E-state index is -0.574. The van der Waals surface area contributed by atoms with Crippen molar-refractivity contribution < 1.29 is 4.74 Å². The van der Waals surface area contributed by atoms with E-state index in [0.29, 0.717) is 0 Å². The highest BCUT2D eigenvalue weighted by molar-refractivity contribution is 6.10. The minimum absolute atomic E-state index is 0.481. The summed E-state index contributed by atoms with van der Waals surface area (Å²) in [5, 5.41) is 4.88. The van der Waals surface area contributed by atoms with Gasteiger partial charge in [0.25, 0.3) is 0 Å². The Morgan fingerprint density at radius 3 is 1.53 bits per heavy atom. The van der Waals surface area contributed by atoms with Crippen LogP contribution in [0.2, 0.25) is 0 Å². The molecule has 1 aliphatic heterocycles. The van der Waals surface area contributed by atoms with Crippen LogP contribution in [0.1, 0.15) is 44.5 Å². The van der Waals surface area contributed by atoms with Gasteiger partial charge in [0.05, 0.1) is 10.8 Å². The number of hydrogen-bond donors (Lipinski definition) is 0. The Morgan fingerprint density at radius 2 is 0.797 bits per heavy atom.